The number of nitrogens with zero attached hydrogens (tertiary/aromatic N) is 2. The van der Waals surface area contributed by atoms with Crippen LogP contribution in [-0.4, -0.2) is 9.97 Å². The van der Waals surface area contributed by atoms with Gasteiger partial charge >= 0.3 is 0 Å². The van der Waals surface area contributed by atoms with Gasteiger partial charge in [-0.2, -0.15) is 0 Å². The fourth-order valence-corrected chi connectivity index (χ4v) is 1.70. The molecule has 2 aromatic rings. The molecule has 0 saturated carbocycles. The first-order valence-corrected chi connectivity index (χ1v) is 5.67. The van der Waals surface area contributed by atoms with Crippen molar-refractivity contribution in [3.05, 3.63) is 48.0 Å². The number of nitrogen functional groups attached to an aromatic ring is 1. The number of nitrogens with two attached hydrogens (primary N) is 1. The number of hydrogen-bond acceptors (Lipinski definition) is 4. The quantitative estimate of drug-likeness (QED) is 0.842. The molecule has 0 aliphatic heterocycles. The van der Waals surface area contributed by atoms with Gasteiger partial charge in [0.2, 0.25) is 0 Å². The Morgan fingerprint density at radius 3 is 2.94 bits per heavy atom. The third-order valence-corrected chi connectivity index (χ3v) is 2.66. The first kappa shape index (κ1) is 11.4. The van der Waals surface area contributed by atoms with Gasteiger partial charge in [0.15, 0.2) is 0 Å². The van der Waals surface area contributed by atoms with Crippen molar-refractivity contribution in [2.75, 3.05) is 11.1 Å². The maximum Gasteiger partial charge on any atom is 0.0736 e. The average Bonchev–Trinajstić information content (AvgIpc) is 2.38. The number of aryl methyl sites for hydroxylation is 1. The summed E-state index contributed by atoms with van der Waals surface area (Å²) in [4.78, 5) is 8.33. The second-order valence-electron chi connectivity index (χ2n) is 3.78. The summed E-state index contributed by atoms with van der Waals surface area (Å²) >= 11 is 0. The summed E-state index contributed by atoms with van der Waals surface area (Å²) in [5.74, 6) is 0. The van der Waals surface area contributed by atoms with Crippen LogP contribution in [0.3, 0.4) is 0 Å². The monoisotopic (exact) mass is 228 g/mol. The van der Waals surface area contributed by atoms with Crippen LogP contribution in [0.2, 0.25) is 0 Å². The summed E-state index contributed by atoms with van der Waals surface area (Å²) < 4.78 is 0. The van der Waals surface area contributed by atoms with Gasteiger partial charge in [0.05, 0.1) is 29.8 Å². The van der Waals surface area contributed by atoms with Crippen LogP contribution in [0.5, 0.6) is 0 Å². The fraction of sp³-hybridized carbons (Fsp3) is 0.231. The predicted octanol–water partition coefficient (Wildman–Crippen LogP) is 2.23. The Balaban J connectivity index is 2.10. The zero-order valence-electron chi connectivity index (χ0n) is 9.85. The molecule has 2 rings (SSSR count). The molecule has 2 aromatic heterocycles. The summed E-state index contributed by atoms with van der Waals surface area (Å²) in [6.45, 7) is 2.81. The molecule has 2 heterocycles. The van der Waals surface area contributed by atoms with Crippen molar-refractivity contribution in [3.8, 4) is 0 Å². The second kappa shape index (κ2) is 5.30. The van der Waals surface area contributed by atoms with E-state index >= 15 is 0 Å². The highest BCUT2D eigenvalue weighted by atomic mass is 14.9. The minimum atomic E-state index is 0.654. The van der Waals surface area contributed by atoms with Crippen LogP contribution in [0, 0.1) is 0 Å². The van der Waals surface area contributed by atoms with Gasteiger partial charge in [-0.3, -0.25) is 9.97 Å². The van der Waals surface area contributed by atoms with Gasteiger partial charge in [-0.25, -0.2) is 0 Å². The molecular formula is C13H16N4. The Labute approximate surface area is 101 Å². The number of aromatic nitrogens is 2. The molecule has 88 valence electrons. The van der Waals surface area contributed by atoms with E-state index in [2.05, 4.69) is 28.3 Å². The van der Waals surface area contributed by atoms with Crippen LogP contribution in [0.1, 0.15) is 18.2 Å². The Morgan fingerprint density at radius 2 is 2.18 bits per heavy atom. The highest BCUT2D eigenvalue weighted by Gasteiger charge is 2.02. The minimum absolute atomic E-state index is 0.654. The lowest BCUT2D eigenvalue weighted by atomic mass is 10.1. The Bertz CT molecular complexity index is 496. The van der Waals surface area contributed by atoms with E-state index in [0.29, 0.717) is 12.2 Å². The van der Waals surface area contributed by atoms with Crippen molar-refractivity contribution in [2.24, 2.45) is 0 Å². The van der Waals surface area contributed by atoms with Crippen LogP contribution in [0.15, 0.2) is 36.8 Å². The Kier molecular flexibility index (Phi) is 3.55. The lowest BCUT2D eigenvalue weighted by molar-refractivity contribution is 0.971. The van der Waals surface area contributed by atoms with Crippen molar-refractivity contribution in [1.29, 1.82) is 0 Å². The van der Waals surface area contributed by atoms with Crippen molar-refractivity contribution >= 4 is 11.4 Å². The topological polar surface area (TPSA) is 63.8 Å². The third-order valence-electron chi connectivity index (χ3n) is 2.66. The molecule has 17 heavy (non-hydrogen) atoms. The lowest BCUT2D eigenvalue weighted by Gasteiger charge is -2.10. The highest BCUT2D eigenvalue weighted by molar-refractivity contribution is 5.64. The summed E-state index contributed by atoms with van der Waals surface area (Å²) in [5.41, 5.74) is 9.68. The summed E-state index contributed by atoms with van der Waals surface area (Å²) in [7, 11) is 0. The Hall–Kier alpha value is -2.10. The molecule has 0 unspecified atom stereocenters. The van der Waals surface area contributed by atoms with E-state index in [9.17, 15) is 0 Å². The van der Waals surface area contributed by atoms with Crippen LogP contribution >= 0.6 is 0 Å². The van der Waals surface area contributed by atoms with Crippen LogP contribution in [0.25, 0.3) is 0 Å². The molecule has 0 bridgehead atoms. The predicted molar refractivity (Wildman–Crippen MR) is 69.6 cm³/mol. The number of hydrogen-bond donors (Lipinski definition) is 2. The van der Waals surface area contributed by atoms with Gasteiger partial charge < -0.3 is 11.1 Å². The molecule has 0 spiro atoms. The normalized spacial score (nSPS) is 10.2. The smallest absolute Gasteiger partial charge is 0.0736 e. The van der Waals surface area contributed by atoms with E-state index in [4.69, 9.17) is 5.73 Å². The second-order valence-corrected chi connectivity index (χ2v) is 3.78. The minimum Gasteiger partial charge on any atom is -0.396 e. The zero-order chi connectivity index (χ0) is 12.1. The molecular weight excluding hydrogens is 212 g/mol. The number of nitrogens with one attached hydrogen (secondary N) is 1. The van der Waals surface area contributed by atoms with Crippen molar-refractivity contribution in [1.82, 2.24) is 9.97 Å². The molecule has 0 aliphatic rings. The van der Waals surface area contributed by atoms with E-state index in [1.54, 1.807) is 12.4 Å². The average molecular weight is 228 g/mol. The van der Waals surface area contributed by atoms with E-state index in [1.165, 1.54) is 5.56 Å². The molecule has 0 aromatic carbocycles. The van der Waals surface area contributed by atoms with Crippen LogP contribution in [0.4, 0.5) is 11.4 Å². The van der Waals surface area contributed by atoms with Gasteiger partial charge in [0.1, 0.15) is 0 Å². The molecule has 0 fully saturated rings. The van der Waals surface area contributed by atoms with Gasteiger partial charge in [-0.15, -0.1) is 0 Å². The van der Waals surface area contributed by atoms with Crippen molar-refractivity contribution in [3.63, 3.8) is 0 Å². The van der Waals surface area contributed by atoms with E-state index < -0.39 is 0 Å². The molecule has 4 nitrogen and oxygen atoms in total. The van der Waals surface area contributed by atoms with Crippen LogP contribution in [-0.2, 0) is 13.0 Å². The number of pyridine rings is 2. The molecule has 3 N–H and O–H groups in total. The first-order valence-electron chi connectivity index (χ1n) is 5.67. The zero-order valence-corrected chi connectivity index (χ0v) is 9.85. The maximum absolute atomic E-state index is 5.81. The fourth-order valence-electron chi connectivity index (χ4n) is 1.70. The van der Waals surface area contributed by atoms with E-state index in [0.717, 1.165) is 17.8 Å². The standard InChI is InChI=1S/C13H16N4/c1-2-10-4-3-6-16-13(10)9-17-12-5-7-15-8-11(12)14/h3-8H,2,9,14H2,1H3,(H,15,17). The summed E-state index contributed by atoms with van der Waals surface area (Å²) in [6.07, 6.45) is 6.15. The molecule has 0 radical (unpaired) electrons. The SMILES string of the molecule is CCc1cccnc1CNc1ccncc1N. The van der Waals surface area contributed by atoms with Gasteiger partial charge in [0.25, 0.3) is 0 Å². The number of rotatable bonds is 4. The molecule has 4 heteroatoms. The van der Waals surface area contributed by atoms with Crippen molar-refractivity contribution < 1.29 is 0 Å². The summed E-state index contributed by atoms with van der Waals surface area (Å²) in [5, 5.41) is 3.28. The van der Waals surface area contributed by atoms with Crippen molar-refractivity contribution in [2.45, 2.75) is 19.9 Å². The third kappa shape index (κ3) is 2.72. The number of anilines is 2. The Morgan fingerprint density at radius 1 is 1.29 bits per heavy atom. The van der Waals surface area contributed by atoms with Gasteiger partial charge in [-0.05, 0) is 24.1 Å². The lowest BCUT2D eigenvalue weighted by Crippen LogP contribution is -2.06. The maximum atomic E-state index is 5.81. The highest BCUT2D eigenvalue weighted by Crippen LogP contribution is 2.16. The molecule has 0 atom stereocenters. The van der Waals surface area contributed by atoms with E-state index in [-0.39, 0.29) is 0 Å². The molecule has 0 aliphatic carbocycles. The van der Waals surface area contributed by atoms with E-state index in [1.807, 2.05) is 18.3 Å². The largest absolute Gasteiger partial charge is 0.396 e. The van der Waals surface area contributed by atoms with Crippen LogP contribution < -0.4 is 11.1 Å². The van der Waals surface area contributed by atoms with Gasteiger partial charge in [-0.1, -0.05) is 13.0 Å². The molecule has 0 saturated heterocycles. The van der Waals surface area contributed by atoms with Gasteiger partial charge in [0, 0.05) is 12.4 Å². The molecule has 0 amide bonds. The first-order chi connectivity index (χ1) is 8.31. The summed E-state index contributed by atoms with van der Waals surface area (Å²) in [6, 6.07) is 5.92.